The van der Waals surface area contributed by atoms with Crippen molar-refractivity contribution in [3.8, 4) is 5.69 Å². The van der Waals surface area contributed by atoms with Crippen LogP contribution in [-0.2, 0) is 4.74 Å². The smallest absolute Gasteiger partial charge is 0.339 e. The molecule has 3 aromatic rings. The highest BCUT2D eigenvalue weighted by Crippen LogP contribution is 2.25. The van der Waals surface area contributed by atoms with E-state index in [4.69, 9.17) is 4.74 Å². The van der Waals surface area contributed by atoms with Gasteiger partial charge in [-0.3, -0.25) is 9.36 Å². The van der Waals surface area contributed by atoms with Crippen LogP contribution in [0.15, 0.2) is 29.7 Å². The third-order valence-corrected chi connectivity index (χ3v) is 5.51. The number of Topliss-reactive ketones (excluding diaryl/α,β-unsaturated/α-hetero) is 1. The average Bonchev–Trinajstić information content (AvgIpc) is 3.23. The van der Waals surface area contributed by atoms with Gasteiger partial charge in [0.05, 0.1) is 29.8 Å². The molecule has 0 amide bonds. The van der Waals surface area contributed by atoms with Crippen molar-refractivity contribution in [2.45, 2.75) is 32.9 Å². The summed E-state index contributed by atoms with van der Waals surface area (Å²) < 4.78 is 6.67. The van der Waals surface area contributed by atoms with Gasteiger partial charge in [0.25, 0.3) is 0 Å². The van der Waals surface area contributed by atoms with Gasteiger partial charge in [-0.25, -0.2) is 4.79 Å². The van der Waals surface area contributed by atoms with Gasteiger partial charge in [0, 0.05) is 5.69 Å². The minimum Gasteiger partial charge on any atom is -0.465 e. The molecule has 0 aliphatic heterocycles. The van der Waals surface area contributed by atoms with E-state index in [1.165, 1.54) is 24.4 Å². The predicted molar refractivity (Wildman–Crippen MR) is 107 cm³/mol. The first-order valence-electron chi connectivity index (χ1n) is 8.74. The molecule has 1 aromatic carbocycles. The van der Waals surface area contributed by atoms with Crippen molar-refractivity contribution in [3.05, 3.63) is 58.2 Å². The van der Waals surface area contributed by atoms with Crippen molar-refractivity contribution in [2.75, 3.05) is 12.9 Å². The van der Waals surface area contributed by atoms with Crippen LogP contribution in [0.4, 0.5) is 0 Å². The maximum Gasteiger partial charge on any atom is 0.339 e. The van der Waals surface area contributed by atoms with Crippen molar-refractivity contribution < 1.29 is 14.3 Å². The van der Waals surface area contributed by atoms with Crippen molar-refractivity contribution in [1.82, 2.24) is 19.7 Å². The third kappa shape index (κ3) is 3.73. The molecule has 0 saturated heterocycles. The van der Waals surface area contributed by atoms with Gasteiger partial charge < -0.3 is 9.72 Å². The Balaban J connectivity index is 1.80. The minimum absolute atomic E-state index is 0.115. The zero-order valence-electron chi connectivity index (χ0n) is 16.5. The first-order chi connectivity index (χ1) is 13.3. The van der Waals surface area contributed by atoms with E-state index in [9.17, 15) is 9.59 Å². The van der Waals surface area contributed by atoms with E-state index in [2.05, 4.69) is 21.2 Å². The first-order valence-corrected chi connectivity index (χ1v) is 9.73. The zero-order valence-corrected chi connectivity index (χ0v) is 17.3. The summed E-state index contributed by atoms with van der Waals surface area (Å²) in [5.41, 5.74) is 5.31. The van der Waals surface area contributed by atoms with Gasteiger partial charge in [-0.2, -0.15) is 0 Å². The molecule has 146 valence electrons. The molecule has 0 atom stereocenters. The highest BCUT2D eigenvalue weighted by molar-refractivity contribution is 7.99. The van der Waals surface area contributed by atoms with Crippen LogP contribution >= 0.6 is 11.8 Å². The molecule has 0 fully saturated rings. The lowest BCUT2D eigenvalue weighted by molar-refractivity contribution is 0.0599. The number of carbonyl (C=O) groups is 2. The van der Waals surface area contributed by atoms with Crippen LogP contribution in [0.3, 0.4) is 0 Å². The SMILES string of the molecule is COC(=O)c1c(C)[nH]c(C(=O)CSc2nncn2-c2ccc(C)cc2C)c1C. The Hall–Kier alpha value is -2.87. The molecule has 8 heteroatoms. The van der Waals surface area contributed by atoms with Gasteiger partial charge in [-0.1, -0.05) is 29.5 Å². The van der Waals surface area contributed by atoms with Crippen molar-refractivity contribution in [3.63, 3.8) is 0 Å². The number of esters is 1. The lowest BCUT2D eigenvalue weighted by Gasteiger charge is -2.10. The maximum absolute atomic E-state index is 12.7. The fourth-order valence-corrected chi connectivity index (χ4v) is 4.00. The Kier molecular flexibility index (Phi) is 5.69. The Morgan fingerprint density at radius 1 is 1.21 bits per heavy atom. The number of aromatic amines is 1. The highest BCUT2D eigenvalue weighted by atomic mass is 32.2. The van der Waals surface area contributed by atoms with E-state index in [-0.39, 0.29) is 11.5 Å². The van der Waals surface area contributed by atoms with E-state index >= 15 is 0 Å². The molecule has 0 unspecified atom stereocenters. The Labute approximate surface area is 167 Å². The molecular formula is C20H22N4O3S. The summed E-state index contributed by atoms with van der Waals surface area (Å²) in [6.07, 6.45) is 1.64. The van der Waals surface area contributed by atoms with Crippen LogP contribution in [0, 0.1) is 27.7 Å². The largest absolute Gasteiger partial charge is 0.465 e. The van der Waals surface area contributed by atoms with E-state index in [1.54, 1.807) is 20.2 Å². The highest BCUT2D eigenvalue weighted by Gasteiger charge is 2.23. The number of H-pyrrole nitrogens is 1. The van der Waals surface area contributed by atoms with Gasteiger partial charge in [0.2, 0.25) is 0 Å². The van der Waals surface area contributed by atoms with Crippen LogP contribution in [-0.4, -0.2) is 44.4 Å². The van der Waals surface area contributed by atoms with Gasteiger partial charge in [0.15, 0.2) is 10.9 Å². The number of hydrogen-bond acceptors (Lipinski definition) is 6. The lowest BCUT2D eigenvalue weighted by atomic mass is 10.1. The summed E-state index contributed by atoms with van der Waals surface area (Å²) in [5.74, 6) is -0.395. The van der Waals surface area contributed by atoms with Crippen molar-refractivity contribution in [2.24, 2.45) is 0 Å². The van der Waals surface area contributed by atoms with Gasteiger partial charge >= 0.3 is 5.97 Å². The molecule has 0 aliphatic rings. The number of benzene rings is 1. The van der Waals surface area contributed by atoms with Crippen LogP contribution in [0.5, 0.6) is 0 Å². The summed E-state index contributed by atoms with van der Waals surface area (Å²) >= 11 is 1.31. The summed E-state index contributed by atoms with van der Waals surface area (Å²) in [4.78, 5) is 27.7. The molecule has 3 rings (SSSR count). The van der Waals surface area contributed by atoms with Crippen LogP contribution in [0.2, 0.25) is 0 Å². The van der Waals surface area contributed by atoms with E-state index in [1.807, 2.05) is 30.5 Å². The number of hydrogen-bond donors (Lipinski definition) is 1. The van der Waals surface area contributed by atoms with E-state index in [0.29, 0.717) is 27.7 Å². The normalized spacial score (nSPS) is 10.9. The summed E-state index contributed by atoms with van der Waals surface area (Å²) in [5, 5.41) is 8.78. The maximum atomic E-state index is 12.7. The summed E-state index contributed by atoms with van der Waals surface area (Å²) in [6.45, 7) is 7.56. The second kappa shape index (κ2) is 8.02. The first kappa shape index (κ1) is 19.9. The fraction of sp³-hybridized carbons (Fsp3) is 0.300. The summed E-state index contributed by atoms with van der Waals surface area (Å²) in [6, 6.07) is 6.14. The number of methoxy groups -OCH3 is 1. The van der Waals surface area contributed by atoms with Crippen molar-refractivity contribution in [1.29, 1.82) is 0 Å². The topological polar surface area (TPSA) is 89.9 Å². The van der Waals surface area contributed by atoms with Crippen LogP contribution in [0.25, 0.3) is 5.69 Å². The average molecular weight is 398 g/mol. The zero-order chi connectivity index (χ0) is 20.4. The number of aryl methyl sites for hydroxylation is 3. The van der Waals surface area contributed by atoms with Gasteiger partial charge in [-0.05, 0) is 44.9 Å². The number of carbonyl (C=O) groups excluding carboxylic acids is 2. The number of aromatic nitrogens is 4. The number of rotatable bonds is 6. The molecule has 28 heavy (non-hydrogen) atoms. The van der Waals surface area contributed by atoms with Crippen molar-refractivity contribution >= 4 is 23.5 Å². The monoisotopic (exact) mass is 398 g/mol. The molecule has 7 nitrogen and oxygen atoms in total. The number of nitrogens with one attached hydrogen (secondary N) is 1. The molecule has 0 bridgehead atoms. The molecule has 2 heterocycles. The molecule has 2 aromatic heterocycles. The number of thioether (sulfide) groups is 1. The Bertz CT molecular complexity index is 1050. The van der Waals surface area contributed by atoms with Crippen LogP contribution < -0.4 is 0 Å². The van der Waals surface area contributed by atoms with Gasteiger partial charge in [-0.15, -0.1) is 10.2 Å². The Morgan fingerprint density at radius 2 is 1.96 bits per heavy atom. The Morgan fingerprint density at radius 3 is 2.64 bits per heavy atom. The number of ketones is 1. The van der Waals surface area contributed by atoms with Crippen LogP contribution in [0.1, 0.15) is 43.2 Å². The predicted octanol–water partition coefficient (Wildman–Crippen LogP) is 3.59. The molecule has 0 spiro atoms. The summed E-state index contributed by atoms with van der Waals surface area (Å²) in [7, 11) is 1.32. The second-order valence-electron chi connectivity index (χ2n) is 6.60. The number of nitrogens with zero attached hydrogens (tertiary/aromatic N) is 3. The molecular weight excluding hydrogens is 376 g/mol. The minimum atomic E-state index is -0.451. The number of ether oxygens (including phenoxy) is 1. The molecule has 0 aliphatic carbocycles. The molecule has 0 radical (unpaired) electrons. The van der Waals surface area contributed by atoms with E-state index < -0.39 is 5.97 Å². The fourth-order valence-electron chi connectivity index (χ4n) is 3.20. The third-order valence-electron chi connectivity index (χ3n) is 4.57. The van der Waals surface area contributed by atoms with E-state index in [0.717, 1.165) is 11.3 Å². The second-order valence-corrected chi connectivity index (χ2v) is 7.54. The molecule has 1 N–H and O–H groups in total. The quantitative estimate of drug-likeness (QED) is 0.388. The standard InChI is InChI=1S/C20H22N4O3S/c1-11-6-7-15(12(2)8-11)24-10-21-23-20(24)28-9-16(25)18-13(3)17(14(4)22-18)19(26)27-5/h6-8,10,22H,9H2,1-5H3. The lowest BCUT2D eigenvalue weighted by Crippen LogP contribution is -2.08. The molecule has 0 saturated carbocycles. The van der Waals surface area contributed by atoms with Gasteiger partial charge in [0.1, 0.15) is 6.33 Å².